The summed E-state index contributed by atoms with van der Waals surface area (Å²) in [6, 6.07) is 35.3. The number of benzene rings is 2. The van der Waals surface area contributed by atoms with Crippen LogP contribution in [0.5, 0.6) is 0 Å². The number of rotatable bonds is 6. The fraction of sp³-hybridized carbons (Fsp3) is 0. The Morgan fingerprint density at radius 1 is 0.367 bits per heavy atom. The molecule has 13 heteroatoms. The average Bonchev–Trinajstić information content (AvgIpc) is 3.85. The Hall–Kier alpha value is -6.14. The third kappa shape index (κ3) is 8.62. The number of pyridine rings is 4. The van der Waals surface area contributed by atoms with E-state index in [1.54, 1.807) is 37.2 Å². The summed E-state index contributed by atoms with van der Waals surface area (Å²) in [5.41, 5.74) is 7.81. The van der Waals surface area contributed by atoms with Crippen LogP contribution < -0.4 is 10.2 Å². The maximum absolute atomic E-state index is 4.46. The smallest absolute Gasteiger partial charge is 0.417 e. The van der Waals surface area contributed by atoms with E-state index >= 15 is 0 Å². The molecule has 2 aromatic carbocycles. The van der Waals surface area contributed by atoms with Gasteiger partial charge in [0.25, 0.3) is 0 Å². The van der Waals surface area contributed by atoms with Crippen molar-refractivity contribution >= 4 is 0 Å². The topological polar surface area (TPSA) is 194 Å². The van der Waals surface area contributed by atoms with E-state index in [2.05, 4.69) is 50.3 Å². The fourth-order valence-electron chi connectivity index (χ4n) is 4.64. The molecule has 0 aliphatic rings. The normalized spacial score (nSPS) is 9.96. The summed E-state index contributed by atoms with van der Waals surface area (Å²) >= 11 is 0. The number of hydrogen-bond donors (Lipinski definition) is 0. The summed E-state index contributed by atoms with van der Waals surface area (Å²) in [7, 11) is 0. The van der Waals surface area contributed by atoms with E-state index in [1.807, 2.05) is 109 Å². The molecule has 8 aromatic rings. The van der Waals surface area contributed by atoms with Gasteiger partial charge < -0.3 is 31.1 Å². The minimum atomic E-state index is 0. The van der Waals surface area contributed by atoms with Crippen molar-refractivity contribution in [2.45, 2.75) is 0 Å². The van der Waals surface area contributed by atoms with Crippen molar-refractivity contribution in [2.75, 3.05) is 0 Å². The van der Waals surface area contributed by atoms with Gasteiger partial charge in [-0.25, -0.2) is 0 Å². The predicted molar refractivity (Wildman–Crippen MR) is 182 cm³/mol. The minimum absolute atomic E-state index is 0. The Balaban J connectivity index is 0.000000208. The first-order valence-electron chi connectivity index (χ1n) is 14.4. The maximum Gasteiger partial charge on any atom is 2.00 e. The molecule has 0 atom stereocenters. The number of aromatic nitrogens is 10. The van der Waals surface area contributed by atoms with Crippen LogP contribution in [-0.2, 0) is 19.5 Å². The van der Waals surface area contributed by atoms with Crippen LogP contribution in [-0.4, -0.2) is 51.1 Å². The third-order valence-electron chi connectivity index (χ3n) is 7.00. The molecule has 0 aliphatic carbocycles. The Morgan fingerprint density at radius 3 is 1.06 bits per heavy atom. The van der Waals surface area contributed by atoms with Gasteiger partial charge in [-0.2, -0.15) is 0 Å². The van der Waals surface area contributed by atoms with Crippen molar-refractivity contribution in [3.8, 4) is 68.1 Å². The second-order valence-electron chi connectivity index (χ2n) is 9.97. The van der Waals surface area contributed by atoms with Crippen molar-refractivity contribution in [1.29, 1.82) is 0 Å². The Morgan fingerprint density at radius 2 is 0.714 bits per heavy atom. The maximum atomic E-state index is 4.46. The van der Waals surface area contributed by atoms with Crippen molar-refractivity contribution in [3.63, 3.8) is 0 Å². The molecular formula is C36H28N10O2Zn. The molecule has 4 N–H and O–H groups in total. The number of nitrogens with zero attached hydrogens (tertiary/aromatic N) is 10. The van der Waals surface area contributed by atoms with Gasteiger partial charge in [-0.3, -0.25) is 30.1 Å². The molecule has 0 saturated carbocycles. The Kier molecular flexibility index (Phi) is 12.5. The van der Waals surface area contributed by atoms with E-state index in [-0.39, 0.29) is 30.4 Å². The van der Waals surface area contributed by atoms with E-state index in [9.17, 15) is 0 Å². The first-order chi connectivity index (χ1) is 22.8. The summed E-state index contributed by atoms with van der Waals surface area (Å²) in [6.07, 6.45) is 10.6. The summed E-state index contributed by atoms with van der Waals surface area (Å²) in [5.74, 6) is 2.29. The second kappa shape index (κ2) is 17.1. The van der Waals surface area contributed by atoms with E-state index in [0.717, 1.165) is 44.8 Å². The van der Waals surface area contributed by atoms with Gasteiger partial charge in [-0.15, -0.1) is 0 Å². The van der Waals surface area contributed by atoms with Crippen molar-refractivity contribution < 1.29 is 30.4 Å². The minimum Gasteiger partial charge on any atom is -0.417 e. The molecular weight excluding hydrogens is 670 g/mol. The van der Waals surface area contributed by atoms with Crippen molar-refractivity contribution in [3.05, 3.63) is 146 Å². The van der Waals surface area contributed by atoms with Gasteiger partial charge in [0.15, 0.2) is 0 Å². The Labute approximate surface area is 294 Å². The molecule has 12 nitrogen and oxygen atoms in total. The second-order valence-corrected chi connectivity index (χ2v) is 9.97. The summed E-state index contributed by atoms with van der Waals surface area (Å²) in [6.45, 7) is 0. The summed E-state index contributed by atoms with van der Waals surface area (Å²) in [4.78, 5) is 25.5. The van der Waals surface area contributed by atoms with Crippen LogP contribution in [0.1, 0.15) is 0 Å². The average molecular weight is 698 g/mol. The monoisotopic (exact) mass is 696 g/mol. The van der Waals surface area contributed by atoms with Gasteiger partial charge in [-0.1, -0.05) is 60.7 Å². The van der Waals surface area contributed by atoms with Gasteiger partial charge in [0, 0.05) is 37.2 Å². The van der Waals surface area contributed by atoms with Gasteiger partial charge in [0.1, 0.15) is 0 Å². The predicted octanol–water partition coefficient (Wildman–Crippen LogP) is 4.80. The molecule has 0 aliphatic heterocycles. The van der Waals surface area contributed by atoms with Crippen molar-refractivity contribution in [1.82, 2.24) is 50.3 Å². The molecule has 8 rings (SSSR count). The molecule has 6 heterocycles. The fourth-order valence-corrected chi connectivity index (χ4v) is 4.64. The van der Waals surface area contributed by atoms with Crippen molar-refractivity contribution in [2.24, 2.45) is 0 Å². The quantitative estimate of drug-likeness (QED) is 0.218. The van der Waals surface area contributed by atoms with Gasteiger partial charge in [-0.05, 0) is 93.6 Å². The van der Waals surface area contributed by atoms with Gasteiger partial charge in [0.05, 0.1) is 23.0 Å². The molecule has 236 valence electrons. The largest absolute Gasteiger partial charge is 2.00 e. The molecule has 0 bridgehead atoms. The standard InChI is InChI=1S/2C18H12N5.2H2O.Zn/c2*1-2-10-20-16(3-1)18-21-17(22-23-18)15-6-4-13(5-7-15)14-8-11-19-12-9-14;;;/h2*1-12H;2*1H2;/q2*-1;;;+2. The molecule has 0 fully saturated rings. The molecule has 49 heavy (non-hydrogen) atoms. The van der Waals surface area contributed by atoms with Crippen LogP contribution in [0, 0.1) is 0 Å². The van der Waals surface area contributed by atoms with Crippen LogP contribution in [0.4, 0.5) is 0 Å². The van der Waals surface area contributed by atoms with Gasteiger partial charge >= 0.3 is 19.5 Å². The van der Waals surface area contributed by atoms with E-state index in [1.165, 1.54) is 0 Å². The zero-order chi connectivity index (χ0) is 31.0. The zero-order valence-corrected chi connectivity index (χ0v) is 29.0. The first-order valence-corrected chi connectivity index (χ1v) is 14.4. The molecule has 0 saturated heterocycles. The molecule has 0 unspecified atom stereocenters. The first kappa shape index (κ1) is 35.7. The van der Waals surface area contributed by atoms with Crippen LogP contribution in [0.2, 0.25) is 0 Å². The third-order valence-corrected chi connectivity index (χ3v) is 7.00. The van der Waals surface area contributed by atoms with E-state index in [0.29, 0.717) is 23.3 Å². The van der Waals surface area contributed by atoms with Crippen LogP contribution in [0.25, 0.3) is 68.1 Å². The summed E-state index contributed by atoms with van der Waals surface area (Å²) in [5, 5.41) is 16.5. The molecule has 0 radical (unpaired) electrons. The molecule has 6 aromatic heterocycles. The van der Waals surface area contributed by atoms with Crippen LogP contribution in [0.15, 0.2) is 146 Å². The molecule has 0 spiro atoms. The van der Waals surface area contributed by atoms with Crippen LogP contribution in [0.3, 0.4) is 0 Å². The number of hydrogen-bond acceptors (Lipinski definition) is 8. The summed E-state index contributed by atoms with van der Waals surface area (Å²) < 4.78 is 0. The molecule has 0 amide bonds. The van der Waals surface area contributed by atoms with E-state index in [4.69, 9.17) is 0 Å². The van der Waals surface area contributed by atoms with Crippen LogP contribution >= 0.6 is 0 Å². The van der Waals surface area contributed by atoms with E-state index < -0.39 is 0 Å². The zero-order valence-electron chi connectivity index (χ0n) is 26.0. The SMILES string of the molecule is O.O.[Zn+2].c1ccc(-c2nc(-c3ccc(-c4ccncc4)cc3)n[n-]2)nc1.c1ccc(-c2nc(-c3ccc(-c4ccncc4)cc3)n[n-]2)nc1. The Bertz CT molecular complexity index is 1970. The van der Waals surface area contributed by atoms with Gasteiger partial charge in [0.2, 0.25) is 0 Å².